The molecular formula is C22H22N4O6. The van der Waals surface area contributed by atoms with E-state index in [1.165, 1.54) is 6.07 Å². The van der Waals surface area contributed by atoms with Crippen LogP contribution in [-0.4, -0.2) is 29.8 Å². The smallest absolute Gasteiger partial charge is 0.379 e. The Labute approximate surface area is 181 Å². The van der Waals surface area contributed by atoms with E-state index < -0.39 is 23.4 Å². The molecule has 2 N–H and O–H groups in total. The summed E-state index contributed by atoms with van der Waals surface area (Å²) in [4.78, 5) is 23.8. The van der Waals surface area contributed by atoms with Crippen LogP contribution in [0.1, 0.15) is 23.5 Å². The van der Waals surface area contributed by atoms with Crippen LogP contribution in [0.5, 0.6) is 11.5 Å². The van der Waals surface area contributed by atoms with E-state index in [4.69, 9.17) is 9.15 Å². The number of fused-ring (bicyclic) bond motifs is 1. The summed E-state index contributed by atoms with van der Waals surface area (Å²) in [7, 11) is 0. The number of aryl methyl sites for hydroxylation is 2. The van der Waals surface area contributed by atoms with Gasteiger partial charge in [-0.25, -0.2) is 4.79 Å². The first-order chi connectivity index (χ1) is 15.5. The maximum absolute atomic E-state index is 12.1. The predicted octanol–water partition coefficient (Wildman–Crippen LogP) is 1.72. The van der Waals surface area contributed by atoms with E-state index >= 15 is 0 Å². The monoisotopic (exact) mass is 438 g/mol. The number of benzene rings is 1. The van der Waals surface area contributed by atoms with Crippen molar-refractivity contribution in [3.8, 4) is 11.5 Å². The number of aliphatic hydroxyl groups is 1. The van der Waals surface area contributed by atoms with Crippen LogP contribution in [0.2, 0.25) is 0 Å². The second-order valence-electron chi connectivity index (χ2n) is 7.31. The molecule has 10 heteroatoms. The minimum absolute atomic E-state index is 0.0600. The number of pyridine rings is 1. The molecule has 0 aliphatic carbocycles. The van der Waals surface area contributed by atoms with Crippen molar-refractivity contribution in [2.75, 3.05) is 0 Å². The van der Waals surface area contributed by atoms with Gasteiger partial charge in [0.2, 0.25) is 11.2 Å². The zero-order valence-electron chi connectivity index (χ0n) is 17.4. The summed E-state index contributed by atoms with van der Waals surface area (Å²) in [6.45, 7) is 2.36. The Morgan fingerprint density at radius 3 is 2.78 bits per heavy atom. The van der Waals surface area contributed by atoms with Crippen LogP contribution >= 0.6 is 0 Å². The third-order valence-electron chi connectivity index (χ3n) is 5.09. The van der Waals surface area contributed by atoms with Gasteiger partial charge in [0.15, 0.2) is 5.75 Å². The molecule has 0 aliphatic rings. The number of nitrogens with zero attached hydrogens (tertiary/aromatic N) is 4. The molecule has 0 atom stereocenters. The van der Waals surface area contributed by atoms with Crippen molar-refractivity contribution in [2.45, 2.75) is 39.6 Å². The Morgan fingerprint density at radius 2 is 1.97 bits per heavy atom. The average molecular weight is 438 g/mol. The van der Waals surface area contributed by atoms with Gasteiger partial charge in [-0.3, -0.25) is 9.48 Å². The first kappa shape index (κ1) is 21.3. The van der Waals surface area contributed by atoms with Gasteiger partial charge in [0.05, 0.1) is 18.5 Å². The Hall–Kier alpha value is -3.92. The summed E-state index contributed by atoms with van der Waals surface area (Å²) in [5.41, 5.74) is 0.813. The van der Waals surface area contributed by atoms with E-state index in [0.717, 1.165) is 5.39 Å². The molecule has 166 valence electrons. The SMILES string of the molecule is Cc1cc(=O)c(O)c(CO)n1CCCn1cc(COc2cc3ccccc3oc2=O)nn1. The normalized spacial score (nSPS) is 11.2. The summed E-state index contributed by atoms with van der Waals surface area (Å²) in [5, 5.41) is 28.3. The first-order valence-corrected chi connectivity index (χ1v) is 10.0. The summed E-state index contributed by atoms with van der Waals surface area (Å²) in [6.07, 6.45) is 2.33. The maximum atomic E-state index is 12.1. The van der Waals surface area contributed by atoms with Crippen LogP contribution in [0.25, 0.3) is 11.0 Å². The predicted molar refractivity (Wildman–Crippen MR) is 114 cm³/mol. The third kappa shape index (κ3) is 4.40. The quantitative estimate of drug-likeness (QED) is 0.398. The van der Waals surface area contributed by atoms with E-state index in [1.54, 1.807) is 40.6 Å². The number of para-hydroxylation sites is 1. The average Bonchev–Trinajstić information content (AvgIpc) is 3.23. The van der Waals surface area contributed by atoms with Gasteiger partial charge in [-0.1, -0.05) is 23.4 Å². The van der Waals surface area contributed by atoms with Gasteiger partial charge in [-0.2, -0.15) is 0 Å². The second-order valence-corrected chi connectivity index (χ2v) is 7.31. The minimum atomic E-state index is -0.560. The number of hydrogen-bond donors (Lipinski definition) is 2. The molecular weight excluding hydrogens is 416 g/mol. The molecule has 3 heterocycles. The Kier molecular flexibility index (Phi) is 6.04. The molecule has 0 unspecified atom stereocenters. The molecule has 0 fully saturated rings. The van der Waals surface area contributed by atoms with E-state index in [1.807, 2.05) is 12.1 Å². The lowest BCUT2D eigenvalue weighted by Gasteiger charge is -2.16. The molecule has 0 bridgehead atoms. The Balaban J connectivity index is 1.37. The number of aromatic hydroxyl groups is 1. The summed E-state index contributed by atoms with van der Waals surface area (Å²) in [5.74, 6) is -0.334. The fourth-order valence-corrected chi connectivity index (χ4v) is 3.49. The van der Waals surface area contributed by atoms with E-state index in [9.17, 15) is 19.8 Å². The number of aliphatic hydroxyl groups excluding tert-OH is 1. The number of rotatable bonds is 8. The van der Waals surface area contributed by atoms with Gasteiger partial charge in [-0.05, 0) is 25.5 Å². The van der Waals surface area contributed by atoms with Crippen LogP contribution in [0.15, 0.2) is 56.6 Å². The molecule has 1 aromatic carbocycles. The van der Waals surface area contributed by atoms with Crippen LogP contribution in [0.4, 0.5) is 0 Å². The van der Waals surface area contributed by atoms with Crippen molar-refractivity contribution in [1.82, 2.24) is 19.6 Å². The van der Waals surface area contributed by atoms with Gasteiger partial charge in [0, 0.05) is 30.2 Å². The zero-order chi connectivity index (χ0) is 22.7. The first-order valence-electron chi connectivity index (χ1n) is 10.0. The van der Waals surface area contributed by atoms with Gasteiger partial charge in [0.1, 0.15) is 17.9 Å². The van der Waals surface area contributed by atoms with Crippen LogP contribution < -0.4 is 15.8 Å². The van der Waals surface area contributed by atoms with Gasteiger partial charge in [-0.15, -0.1) is 5.10 Å². The molecule has 0 spiro atoms. The lowest BCUT2D eigenvalue weighted by molar-refractivity contribution is 0.259. The topological polar surface area (TPSA) is 133 Å². The van der Waals surface area contributed by atoms with Crippen molar-refractivity contribution in [1.29, 1.82) is 0 Å². The molecule has 0 saturated heterocycles. The summed E-state index contributed by atoms with van der Waals surface area (Å²) in [6, 6.07) is 10.1. The molecule has 4 aromatic rings. The highest BCUT2D eigenvalue weighted by molar-refractivity contribution is 5.77. The molecule has 0 saturated carbocycles. The number of aromatic nitrogens is 4. The van der Waals surface area contributed by atoms with E-state index in [-0.39, 0.29) is 18.1 Å². The molecule has 10 nitrogen and oxygen atoms in total. The number of hydrogen-bond acceptors (Lipinski definition) is 8. The highest BCUT2D eigenvalue weighted by Gasteiger charge is 2.12. The highest BCUT2D eigenvalue weighted by Crippen LogP contribution is 2.17. The lowest BCUT2D eigenvalue weighted by Crippen LogP contribution is -2.17. The van der Waals surface area contributed by atoms with Crippen LogP contribution in [0, 0.1) is 6.92 Å². The Morgan fingerprint density at radius 1 is 1.16 bits per heavy atom. The van der Waals surface area contributed by atoms with Crippen molar-refractivity contribution < 1.29 is 19.4 Å². The summed E-state index contributed by atoms with van der Waals surface area (Å²) >= 11 is 0. The van der Waals surface area contributed by atoms with Crippen molar-refractivity contribution in [3.05, 3.63) is 80.3 Å². The van der Waals surface area contributed by atoms with Crippen LogP contribution in [0.3, 0.4) is 0 Å². The van der Waals surface area contributed by atoms with Crippen molar-refractivity contribution in [2.24, 2.45) is 0 Å². The second kappa shape index (κ2) is 9.06. The van der Waals surface area contributed by atoms with Gasteiger partial charge < -0.3 is 23.9 Å². The van der Waals surface area contributed by atoms with Crippen LogP contribution in [-0.2, 0) is 26.3 Å². The fourth-order valence-electron chi connectivity index (χ4n) is 3.49. The molecule has 0 amide bonds. The maximum Gasteiger partial charge on any atom is 0.379 e. The highest BCUT2D eigenvalue weighted by atomic mass is 16.5. The lowest BCUT2D eigenvalue weighted by atomic mass is 10.2. The van der Waals surface area contributed by atoms with Crippen molar-refractivity contribution >= 4 is 11.0 Å². The molecule has 32 heavy (non-hydrogen) atoms. The van der Waals surface area contributed by atoms with Gasteiger partial charge >= 0.3 is 5.63 Å². The number of ether oxygens (including phenoxy) is 1. The standard InChI is InChI=1S/C22H22N4O6/c1-14-9-18(28)21(29)17(12-27)26(14)8-4-7-25-11-16(23-24-25)13-31-20-10-15-5-2-3-6-19(15)32-22(20)30/h2-3,5-6,9-11,27,29H,4,7-8,12-13H2,1H3. The molecule has 0 aliphatic heterocycles. The van der Waals surface area contributed by atoms with Crippen molar-refractivity contribution in [3.63, 3.8) is 0 Å². The largest absolute Gasteiger partial charge is 0.503 e. The fraction of sp³-hybridized carbons (Fsp3) is 0.273. The van der Waals surface area contributed by atoms with Gasteiger partial charge in [0.25, 0.3) is 0 Å². The molecule has 4 rings (SSSR count). The minimum Gasteiger partial charge on any atom is -0.503 e. The Bertz CT molecular complexity index is 1370. The molecule has 3 aromatic heterocycles. The zero-order valence-corrected chi connectivity index (χ0v) is 17.4. The van der Waals surface area contributed by atoms with E-state index in [0.29, 0.717) is 36.5 Å². The molecule has 0 radical (unpaired) electrons. The summed E-state index contributed by atoms with van der Waals surface area (Å²) < 4.78 is 14.2. The third-order valence-corrected chi connectivity index (χ3v) is 5.09. The van der Waals surface area contributed by atoms with E-state index in [2.05, 4.69) is 10.3 Å².